The van der Waals surface area contributed by atoms with E-state index in [9.17, 15) is 14.0 Å². The molecule has 1 fully saturated rings. The van der Waals surface area contributed by atoms with Gasteiger partial charge in [0, 0.05) is 22.9 Å². The van der Waals surface area contributed by atoms with E-state index in [0.717, 1.165) is 11.1 Å². The van der Waals surface area contributed by atoms with Gasteiger partial charge in [-0.1, -0.05) is 54.6 Å². The molecule has 0 bridgehead atoms. The van der Waals surface area contributed by atoms with Crippen LogP contribution in [0.5, 0.6) is 11.5 Å². The van der Waals surface area contributed by atoms with Crippen molar-refractivity contribution in [2.24, 2.45) is 0 Å². The van der Waals surface area contributed by atoms with Gasteiger partial charge in [0.1, 0.15) is 23.9 Å². The lowest BCUT2D eigenvalue weighted by Gasteiger charge is -2.28. The van der Waals surface area contributed by atoms with Gasteiger partial charge in [0.25, 0.3) is 0 Å². The Labute approximate surface area is 226 Å². The first-order chi connectivity index (χ1) is 19.0. The lowest BCUT2D eigenvalue weighted by Crippen LogP contribution is -2.29. The second kappa shape index (κ2) is 11.6. The van der Waals surface area contributed by atoms with Crippen LogP contribution in [-0.2, 0) is 6.61 Å². The second-order valence-corrected chi connectivity index (χ2v) is 9.03. The molecule has 4 aromatic carbocycles. The summed E-state index contributed by atoms with van der Waals surface area (Å²) in [4.78, 5) is 27.8. The summed E-state index contributed by atoms with van der Waals surface area (Å²) in [5.41, 5.74) is 2.79. The number of carbonyl (C=O) groups excluding carboxylic acids is 2. The number of allylic oxidation sites excluding steroid dienone is 1. The maximum absolute atomic E-state index is 13.3. The first-order valence-corrected chi connectivity index (χ1v) is 12.5. The number of ketones is 1. The molecule has 7 heteroatoms. The van der Waals surface area contributed by atoms with Gasteiger partial charge in [-0.25, -0.2) is 9.18 Å². The molecule has 4 aromatic rings. The summed E-state index contributed by atoms with van der Waals surface area (Å²) in [6, 6.07) is 28.6. The van der Waals surface area contributed by atoms with Crippen molar-refractivity contribution in [2.45, 2.75) is 18.7 Å². The zero-order valence-corrected chi connectivity index (χ0v) is 21.3. The number of hydrogen-bond donors (Lipinski definition) is 1. The predicted molar refractivity (Wildman–Crippen MR) is 148 cm³/mol. The number of benzene rings is 4. The Morgan fingerprint density at radius 3 is 2.33 bits per heavy atom. The highest BCUT2D eigenvalue weighted by molar-refractivity contribution is 6.04. The van der Waals surface area contributed by atoms with Crippen molar-refractivity contribution in [3.05, 3.63) is 138 Å². The van der Waals surface area contributed by atoms with E-state index in [-0.39, 0.29) is 11.8 Å². The van der Waals surface area contributed by atoms with Gasteiger partial charge in [-0.05, 0) is 60.2 Å². The molecule has 0 aromatic heterocycles. The van der Waals surface area contributed by atoms with E-state index in [1.807, 2.05) is 72.8 Å². The summed E-state index contributed by atoms with van der Waals surface area (Å²) < 4.78 is 25.1. The third-order valence-corrected chi connectivity index (χ3v) is 6.52. The third-order valence-electron chi connectivity index (χ3n) is 6.52. The van der Waals surface area contributed by atoms with Gasteiger partial charge in [-0.3, -0.25) is 9.69 Å². The zero-order valence-electron chi connectivity index (χ0n) is 21.3. The molecule has 0 aliphatic carbocycles. The number of methoxy groups -OCH3 is 1. The van der Waals surface area contributed by atoms with Gasteiger partial charge >= 0.3 is 6.03 Å². The molecule has 1 N–H and O–H groups in total. The first kappa shape index (κ1) is 25.7. The minimum Gasteiger partial charge on any atom is -0.497 e. The van der Waals surface area contributed by atoms with E-state index in [2.05, 4.69) is 5.32 Å². The summed E-state index contributed by atoms with van der Waals surface area (Å²) >= 11 is 0. The number of carbonyl (C=O) groups is 2. The molecule has 0 radical (unpaired) electrons. The summed E-state index contributed by atoms with van der Waals surface area (Å²) in [5.74, 6) is 0.462. The van der Waals surface area contributed by atoms with Crippen molar-refractivity contribution in [2.75, 3.05) is 12.0 Å². The molecule has 5 rings (SSSR count). The minimum absolute atomic E-state index is 0.295. The molecule has 0 saturated carbocycles. The Morgan fingerprint density at radius 2 is 1.64 bits per heavy atom. The Hall–Kier alpha value is -4.91. The Balaban J connectivity index is 1.53. The summed E-state index contributed by atoms with van der Waals surface area (Å²) in [7, 11) is 1.58. The number of urea groups is 1. The fraction of sp³-hybridized carbons (Fsp3) is 0.125. The quantitative estimate of drug-likeness (QED) is 0.202. The van der Waals surface area contributed by atoms with E-state index in [4.69, 9.17) is 9.47 Å². The highest BCUT2D eigenvalue weighted by Gasteiger charge is 2.41. The average molecular weight is 523 g/mol. The molecule has 6 nitrogen and oxygen atoms in total. The molecule has 1 aliphatic heterocycles. The fourth-order valence-electron chi connectivity index (χ4n) is 4.58. The summed E-state index contributed by atoms with van der Waals surface area (Å²) in [5, 5.41) is 3.00. The van der Waals surface area contributed by atoms with E-state index >= 15 is 0 Å². The van der Waals surface area contributed by atoms with Crippen molar-refractivity contribution in [1.82, 2.24) is 5.32 Å². The highest BCUT2D eigenvalue weighted by Crippen LogP contribution is 2.40. The number of ether oxygens (including phenoxy) is 2. The van der Waals surface area contributed by atoms with Gasteiger partial charge in [-0.2, -0.15) is 0 Å². The van der Waals surface area contributed by atoms with Crippen LogP contribution in [0, 0.1) is 5.82 Å². The normalized spacial score (nSPS) is 16.8. The SMILES string of the molecule is COc1ccc([C@@H]2[C@H](/C=C/C(=O)c3ccc(F)cc3)NC(=O)N2c2ccccc2)c(OCc2ccccc2)c1. The molecule has 0 unspecified atom stereocenters. The topological polar surface area (TPSA) is 67.9 Å². The molecular formula is C32H27FN2O4. The maximum atomic E-state index is 13.3. The predicted octanol–water partition coefficient (Wildman–Crippen LogP) is 6.49. The molecule has 1 heterocycles. The van der Waals surface area contributed by atoms with Crippen LogP contribution in [-0.4, -0.2) is 25.0 Å². The van der Waals surface area contributed by atoms with Gasteiger partial charge in [0.2, 0.25) is 0 Å². The number of rotatable bonds is 9. The molecule has 0 spiro atoms. The molecule has 1 aliphatic rings. The molecule has 196 valence electrons. The lowest BCUT2D eigenvalue weighted by molar-refractivity contribution is 0.104. The zero-order chi connectivity index (χ0) is 27.2. The van der Waals surface area contributed by atoms with Gasteiger partial charge in [0.15, 0.2) is 5.78 Å². The van der Waals surface area contributed by atoms with Crippen LogP contribution < -0.4 is 19.7 Å². The van der Waals surface area contributed by atoms with Crippen LogP contribution in [0.15, 0.2) is 115 Å². The summed E-state index contributed by atoms with van der Waals surface area (Å²) in [6.45, 7) is 0.323. The van der Waals surface area contributed by atoms with E-state index in [1.54, 1.807) is 24.2 Å². The van der Waals surface area contributed by atoms with Crippen molar-refractivity contribution < 1.29 is 23.5 Å². The van der Waals surface area contributed by atoms with Crippen LogP contribution in [0.4, 0.5) is 14.9 Å². The number of amides is 2. The Bertz CT molecular complexity index is 1470. The van der Waals surface area contributed by atoms with Crippen LogP contribution in [0.3, 0.4) is 0 Å². The van der Waals surface area contributed by atoms with Crippen LogP contribution in [0.2, 0.25) is 0 Å². The van der Waals surface area contributed by atoms with Gasteiger partial charge in [0.05, 0.1) is 19.2 Å². The minimum atomic E-state index is -0.561. The highest BCUT2D eigenvalue weighted by atomic mass is 19.1. The number of nitrogens with zero attached hydrogens (tertiary/aromatic N) is 1. The second-order valence-electron chi connectivity index (χ2n) is 9.03. The maximum Gasteiger partial charge on any atom is 0.323 e. The number of halogens is 1. The van der Waals surface area contributed by atoms with E-state index in [0.29, 0.717) is 29.4 Å². The standard InChI is InChI=1S/C32H27FN2O4/c1-38-26-16-17-27(30(20-26)39-21-22-8-4-2-5-9-22)31-28(18-19-29(36)23-12-14-24(33)15-13-23)34-32(37)35(31)25-10-6-3-7-11-25/h2-20,28,31H,21H2,1H3,(H,34,37)/b19-18+/t28-,31+/m0/s1. The number of hydrogen-bond acceptors (Lipinski definition) is 4. The molecule has 1 saturated heterocycles. The van der Waals surface area contributed by atoms with E-state index in [1.165, 1.54) is 30.3 Å². The van der Waals surface area contributed by atoms with Crippen molar-refractivity contribution in [1.29, 1.82) is 0 Å². The number of para-hydroxylation sites is 1. The molecule has 2 atom stereocenters. The van der Waals surface area contributed by atoms with Crippen molar-refractivity contribution in [3.8, 4) is 11.5 Å². The van der Waals surface area contributed by atoms with E-state index < -0.39 is 17.9 Å². The Morgan fingerprint density at radius 1 is 0.949 bits per heavy atom. The molecule has 2 amide bonds. The van der Waals surface area contributed by atoms with Crippen molar-refractivity contribution >= 4 is 17.5 Å². The first-order valence-electron chi connectivity index (χ1n) is 12.5. The fourth-order valence-corrected chi connectivity index (χ4v) is 4.58. The number of nitrogens with one attached hydrogen (secondary N) is 1. The molecular weight excluding hydrogens is 495 g/mol. The van der Waals surface area contributed by atoms with Gasteiger partial charge in [-0.15, -0.1) is 0 Å². The smallest absolute Gasteiger partial charge is 0.323 e. The largest absolute Gasteiger partial charge is 0.497 e. The van der Waals surface area contributed by atoms with Crippen LogP contribution in [0.25, 0.3) is 0 Å². The van der Waals surface area contributed by atoms with Crippen LogP contribution in [0.1, 0.15) is 27.5 Å². The third kappa shape index (κ3) is 5.83. The number of anilines is 1. The monoisotopic (exact) mass is 522 g/mol. The van der Waals surface area contributed by atoms with Gasteiger partial charge < -0.3 is 14.8 Å². The van der Waals surface area contributed by atoms with Crippen molar-refractivity contribution in [3.63, 3.8) is 0 Å². The average Bonchev–Trinajstić information content (AvgIpc) is 3.31. The lowest BCUT2D eigenvalue weighted by atomic mass is 9.96. The Kier molecular flexibility index (Phi) is 7.68. The van der Waals surface area contributed by atoms with Crippen LogP contribution >= 0.6 is 0 Å². The summed E-state index contributed by atoms with van der Waals surface area (Å²) in [6.07, 6.45) is 3.08. The molecule has 39 heavy (non-hydrogen) atoms.